The van der Waals surface area contributed by atoms with Gasteiger partial charge in [-0.25, -0.2) is 0 Å². The Morgan fingerprint density at radius 2 is 1.97 bits per heavy atom. The summed E-state index contributed by atoms with van der Waals surface area (Å²) in [6.45, 7) is 5.31. The molecule has 0 radical (unpaired) electrons. The van der Waals surface area contributed by atoms with Crippen LogP contribution in [-0.2, 0) is 11.3 Å². The molecule has 1 aliphatic heterocycles. The summed E-state index contributed by atoms with van der Waals surface area (Å²) in [4.78, 5) is 27.6. The molecular formula is C24H25Cl2N5O2S. The van der Waals surface area contributed by atoms with E-state index in [1.54, 1.807) is 18.2 Å². The van der Waals surface area contributed by atoms with Crippen LogP contribution in [0.15, 0.2) is 47.6 Å². The molecule has 10 heteroatoms. The number of hydrogen-bond acceptors (Lipinski definition) is 5. The van der Waals surface area contributed by atoms with Crippen molar-refractivity contribution in [2.75, 3.05) is 17.6 Å². The van der Waals surface area contributed by atoms with Crippen molar-refractivity contribution < 1.29 is 9.59 Å². The molecule has 0 bridgehead atoms. The number of nitrogens with zero attached hydrogens (tertiary/aromatic N) is 4. The van der Waals surface area contributed by atoms with E-state index in [1.807, 2.05) is 47.6 Å². The molecule has 1 aromatic heterocycles. The molecule has 1 unspecified atom stereocenters. The number of amides is 2. The number of rotatable bonds is 7. The van der Waals surface area contributed by atoms with E-state index in [0.717, 1.165) is 24.2 Å². The van der Waals surface area contributed by atoms with Crippen molar-refractivity contribution >= 4 is 52.5 Å². The van der Waals surface area contributed by atoms with E-state index in [0.29, 0.717) is 39.5 Å². The number of aryl methyl sites for hydroxylation is 1. The summed E-state index contributed by atoms with van der Waals surface area (Å²) < 4.78 is 1.99. The molecule has 1 fully saturated rings. The van der Waals surface area contributed by atoms with Gasteiger partial charge in [0, 0.05) is 24.3 Å². The van der Waals surface area contributed by atoms with Crippen LogP contribution in [0.2, 0.25) is 10.0 Å². The van der Waals surface area contributed by atoms with Gasteiger partial charge < -0.3 is 14.8 Å². The van der Waals surface area contributed by atoms with Crippen LogP contribution in [0.4, 0.5) is 5.69 Å². The summed E-state index contributed by atoms with van der Waals surface area (Å²) in [7, 11) is 0. The zero-order chi connectivity index (χ0) is 24.2. The van der Waals surface area contributed by atoms with Crippen molar-refractivity contribution in [2.24, 2.45) is 0 Å². The molecule has 1 aliphatic rings. The minimum Gasteiger partial charge on any atom is -0.328 e. The second kappa shape index (κ2) is 10.8. The van der Waals surface area contributed by atoms with E-state index in [-0.39, 0.29) is 23.6 Å². The van der Waals surface area contributed by atoms with Gasteiger partial charge in [-0.2, -0.15) is 0 Å². The molecule has 7 nitrogen and oxygen atoms in total. The predicted octanol–water partition coefficient (Wildman–Crippen LogP) is 5.62. The lowest BCUT2D eigenvalue weighted by molar-refractivity contribution is -0.113. The van der Waals surface area contributed by atoms with Crippen LogP contribution in [0.3, 0.4) is 0 Å². The third-order valence-corrected chi connectivity index (χ3v) is 7.38. The maximum Gasteiger partial charge on any atom is 0.254 e. The average Bonchev–Trinajstić information content (AvgIpc) is 3.46. The first-order valence-corrected chi connectivity index (χ1v) is 12.8. The van der Waals surface area contributed by atoms with Crippen molar-refractivity contribution in [3.63, 3.8) is 0 Å². The fraction of sp³-hybridized carbons (Fsp3) is 0.333. The van der Waals surface area contributed by atoms with Crippen molar-refractivity contribution in [1.29, 1.82) is 0 Å². The first-order chi connectivity index (χ1) is 16.4. The molecular weight excluding hydrogens is 493 g/mol. The minimum atomic E-state index is -0.187. The fourth-order valence-electron chi connectivity index (χ4n) is 4.07. The number of likely N-dealkylation sites (tertiary alicyclic amines) is 1. The molecule has 2 heterocycles. The number of hydrogen-bond donors (Lipinski definition) is 1. The Kier molecular flexibility index (Phi) is 7.80. The number of thioether (sulfide) groups is 1. The number of carbonyl (C=O) groups is 2. The predicted molar refractivity (Wildman–Crippen MR) is 136 cm³/mol. The first kappa shape index (κ1) is 24.6. The zero-order valence-corrected chi connectivity index (χ0v) is 21.3. The lowest BCUT2D eigenvalue weighted by atomic mass is 10.1. The molecule has 178 valence electrons. The van der Waals surface area contributed by atoms with Crippen LogP contribution in [0.1, 0.15) is 47.6 Å². The highest BCUT2D eigenvalue weighted by Gasteiger charge is 2.34. The standard InChI is InChI=1S/C24H25Cl2N5O2S/c1-3-30-22(20-8-5-11-31(20)23(33)16-7-4-6-15(2)12-16)28-29-24(30)34-14-21(32)27-17-9-10-18(25)19(26)13-17/h4,6-7,9-10,12-13,20H,3,5,8,11,14H2,1-2H3,(H,27,32). The number of nitrogens with one attached hydrogen (secondary N) is 1. The van der Waals surface area contributed by atoms with E-state index < -0.39 is 0 Å². The molecule has 0 spiro atoms. The molecule has 1 N–H and O–H groups in total. The summed E-state index contributed by atoms with van der Waals surface area (Å²) in [5, 5.41) is 13.0. The molecule has 4 rings (SSSR count). The molecule has 1 atom stereocenters. The van der Waals surface area contributed by atoms with E-state index in [4.69, 9.17) is 23.2 Å². The maximum absolute atomic E-state index is 13.2. The maximum atomic E-state index is 13.2. The Balaban J connectivity index is 1.45. The topological polar surface area (TPSA) is 80.1 Å². The molecule has 0 saturated carbocycles. The van der Waals surface area contributed by atoms with Gasteiger partial charge in [-0.1, -0.05) is 52.7 Å². The van der Waals surface area contributed by atoms with Gasteiger partial charge in [0.25, 0.3) is 5.91 Å². The average molecular weight is 518 g/mol. The summed E-state index contributed by atoms with van der Waals surface area (Å²) in [5.74, 6) is 0.739. The lowest BCUT2D eigenvalue weighted by Gasteiger charge is -2.24. The van der Waals surface area contributed by atoms with Gasteiger partial charge >= 0.3 is 0 Å². The van der Waals surface area contributed by atoms with Crippen LogP contribution >= 0.6 is 35.0 Å². The number of carbonyl (C=O) groups excluding carboxylic acids is 2. The third kappa shape index (κ3) is 5.40. The first-order valence-electron chi connectivity index (χ1n) is 11.1. The summed E-state index contributed by atoms with van der Waals surface area (Å²) in [6.07, 6.45) is 1.74. The monoisotopic (exact) mass is 517 g/mol. The number of anilines is 1. The molecule has 1 saturated heterocycles. The second-order valence-electron chi connectivity index (χ2n) is 8.08. The molecule has 3 aromatic rings. The SMILES string of the molecule is CCn1c(SCC(=O)Nc2ccc(Cl)c(Cl)c2)nnc1C1CCCN1C(=O)c1cccc(C)c1. The van der Waals surface area contributed by atoms with Crippen molar-refractivity contribution in [3.8, 4) is 0 Å². The Bertz CT molecular complexity index is 1220. The van der Waals surface area contributed by atoms with Crippen molar-refractivity contribution in [3.05, 3.63) is 69.5 Å². The Morgan fingerprint density at radius 1 is 1.15 bits per heavy atom. The minimum absolute atomic E-state index is 0.00654. The van der Waals surface area contributed by atoms with Gasteiger partial charge in [0.05, 0.1) is 21.8 Å². The van der Waals surface area contributed by atoms with Gasteiger partial charge in [-0.3, -0.25) is 9.59 Å². The number of halogens is 2. The van der Waals surface area contributed by atoms with Crippen LogP contribution in [0.25, 0.3) is 0 Å². The number of benzene rings is 2. The highest BCUT2D eigenvalue weighted by molar-refractivity contribution is 7.99. The van der Waals surface area contributed by atoms with Crippen LogP contribution < -0.4 is 5.32 Å². The quantitative estimate of drug-likeness (QED) is 0.411. The molecule has 0 aliphatic carbocycles. The molecule has 34 heavy (non-hydrogen) atoms. The summed E-state index contributed by atoms with van der Waals surface area (Å²) >= 11 is 13.3. The van der Waals surface area contributed by atoms with Gasteiger partial charge in [0.15, 0.2) is 11.0 Å². The Morgan fingerprint density at radius 3 is 2.71 bits per heavy atom. The fourth-order valence-corrected chi connectivity index (χ4v) is 5.18. The van der Waals surface area contributed by atoms with E-state index in [9.17, 15) is 9.59 Å². The molecule has 2 amide bonds. The van der Waals surface area contributed by atoms with Crippen LogP contribution in [0, 0.1) is 6.92 Å². The van der Waals surface area contributed by atoms with Gasteiger partial charge in [0.1, 0.15) is 0 Å². The Hall–Kier alpha value is -2.55. The normalized spacial score (nSPS) is 15.5. The number of aromatic nitrogens is 3. The van der Waals surface area contributed by atoms with E-state index in [1.165, 1.54) is 11.8 Å². The van der Waals surface area contributed by atoms with Gasteiger partial charge in [0.2, 0.25) is 5.91 Å². The van der Waals surface area contributed by atoms with Crippen molar-refractivity contribution in [2.45, 2.75) is 44.4 Å². The molecule has 2 aromatic carbocycles. The van der Waals surface area contributed by atoms with Crippen LogP contribution in [0.5, 0.6) is 0 Å². The largest absolute Gasteiger partial charge is 0.328 e. The highest BCUT2D eigenvalue weighted by Crippen LogP contribution is 2.34. The van der Waals surface area contributed by atoms with Crippen molar-refractivity contribution in [1.82, 2.24) is 19.7 Å². The highest BCUT2D eigenvalue weighted by atomic mass is 35.5. The van der Waals surface area contributed by atoms with Gasteiger partial charge in [-0.05, 0) is 57.0 Å². The van der Waals surface area contributed by atoms with Gasteiger partial charge in [-0.15, -0.1) is 10.2 Å². The van der Waals surface area contributed by atoms with Crippen LogP contribution in [-0.4, -0.2) is 43.8 Å². The zero-order valence-electron chi connectivity index (χ0n) is 18.9. The third-order valence-electron chi connectivity index (χ3n) is 5.67. The van der Waals surface area contributed by atoms with E-state index >= 15 is 0 Å². The second-order valence-corrected chi connectivity index (χ2v) is 9.83. The van der Waals surface area contributed by atoms with E-state index in [2.05, 4.69) is 15.5 Å². The smallest absolute Gasteiger partial charge is 0.254 e. The summed E-state index contributed by atoms with van der Waals surface area (Å²) in [5.41, 5.74) is 2.31. The lowest BCUT2D eigenvalue weighted by Crippen LogP contribution is -2.32. The Labute approximate surface area is 212 Å². The summed E-state index contributed by atoms with van der Waals surface area (Å²) in [6, 6.07) is 12.5.